The van der Waals surface area contributed by atoms with Crippen molar-refractivity contribution >= 4 is 49.2 Å². The van der Waals surface area contributed by atoms with Gasteiger partial charge in [0.2, 0.25) is 15.9 Å². The molecule has 3 rings (SSSR count). The summed E-state index contributed by atoms with van der Waals surface area (Å²) in [6.45, 7) is 0.985. The van der Waals surface area contributed by atoms with Crippen molar-refractivity contribution in [3.8, 4) is 0 Å². The minimum absolute atomic E-state index is 0. The van der Waals surface area contributed by atoms with Gasteiger partial charge in [0.25, 0.3) is 5.91 Å². The standard InChI is InChI=1S/C22H30N4O4S2.BrH/c1-24(2)19-9-5-8-18-17(19)7-6-10-20(18)32(29,30)26-13-11-25(12-14-26)22(28)15-23-21(27)16-31(3)4;/h5-10H,11-16H2,1-4H3;1H. The van der Waals surface area contributed by atoms with Crippen molar-refractivity contribution in [3.05, 3.63) is 36.4 Å². The Balaban J connectivity index is 0.00000385. The van der Waals surface area contributed by atoms with Crippen molar-refractivity contribution in [1.82, 2.24) is 14.5 Å². The molecule has 0 saturated carbocycles. The van der Waals surface area contributed by atoms with Gasteiger partial charge in [-0.05, 0) is 23.0 Å². The number of nitrogens with one attached hydrogen (secondary N) is 1. The molecule has 2 amide bonds. The van der Waals surface area contributed by atoms with Crippen molar-refractivity contribution in [3.63, 3.8) is 0 Å². The van der Waals surface area contributed by atoms with Gasteiger partial charge in [0.1, 0.15) is 0 Å². The molecule has 0 atom stereocenters. The van der Waals surface area contributed by atoms with E-state index in [4.69, 9.17) is 0 Å². The van der Waals surface area contributed by atoms with E-state index in [0.29, 0.717) is 24.2 Å². The highest BCUT2D eigenvalue weighted by atomic mass is 79.9. The summed E-state index contributed by atoms with van der Waals surface area (Å²) in [5.74, 6) is 0.0732. The predicted octanol–water partition coefficient (Wildman–Crippen LogP) is -2.26. The number of piperazine rings is 1. The van der Waals surface area contributed by atoms with Gasteiger partial charge in [-0.15, -0.1) is 0 Å². The third-order valence-electron chi connectivity index (χ3n) is 5.41. The highest BCUT2D eigenvalue weighted by Crippen LogP contribution is 2.31. The highest BCUT2D eigenvalue weighted by molar-refractivity contribution is 7.96. The first-order valence-corrected chi connectivity index (χ1v) is 14.0. The number of amides is 2. The summed E-state index contributed by atoms with van der Waals surface area (Å²) in [5.41, 5.74) is 0.954. The number of halogens is 1. The maximum Gasteiger partial charge on any atom is 0.270 e. The Hall–Kier alpha value is -1.82. The van der Waals surface area contributed by atoms with E-state index in [0.717, 1.165) is 11.1 Å². The van der Waals surface area contributed by atoms with Crippen LogP contribution in [0.3, 0.4) is 0 Å². The summed E-state index contributed by atoms with van der Waals surface area (Å²) in [5, 5.41) is 4.22. The lowest BCUT2D eigenvalue weighted by Gasteiger charge is -2.34. The SMILES string of the molecule is CN(C)c1cccc2c(S(=O)(=O)N3CCN(C(=O)CNC(=O)C[S+](C)C)CC3)cccc12.[Br-]. The molecule has 0 aliphatic carbocycles. The second kappa shape index (κ2) is 11.5. The van der Waals surface area contributed by atoms with Gasteiger partial charge in [-0.1, -0.05) is 24.3 Å². The van der Waals surface area contributed by atoms with Crippen LogP contribution in [0.15, 0.2) is 41.3 Å². The maximum atomic E-state index is 13.4. The highest BCUT2D eigenvalue weighted by Gasteiger charge is 2.31. The van der Waals surface area contributed by atoms with E-state index in [-0.39, 0.29) is 64.2 Å². The van der Waals surface area contributed by atoms with E-state index >= 15 is 0 Å². The Bertz CT molecular complexity index is 1100. The number of carbonyl (C=O) groups is 2. The van der Waals surface area contributed by atoms with E-state index in [9.17, 15) is 18.0 Å². The second-order valence-electron chi connectivity index (χ2n) is 8.21. The van der Waals surface area contributed by atoms with Crippen LogP contribution in [0.1, 0.15) is 0 Å². The van der Waals surface area contributed by atoms with Crippen LogP contribution in [-0.2, 0) is 30.5 Å². The molecule has 1 saturated heterocycles. The zero-order chi connectivity index (χ0) is 23.5. The van der Waals surface area contributed by atoms with Crippen molar-refractivity contribution in [2.75, 3.05) is 70.0 Å². The number of nitrogens with zero attached hydrogens (tertiary/aromatic N) is 3. The van der Waals surface area contributed by atoms with Crippen LogP contribution < -0.4 is 27.2 Å². The molecule has 0 spiro atoms. The Kier molecular flexibility index (Phi) is 9.59. The summed E-state index contributed by atoms with van der Waals surface area (Å²) in [6.07, 6.45) is 3.94. The summed E-state index contributed by atoms with van der Waals surface area (Å²) >= 11 is 0. The Morgan fingerprint density at radius 1 is 1.00 bits per heavy atom. The first-order valence-electron chi connectivity index (χ1n) is 10.4. The molecule has 1 fully saturated rings. The number of rotatable bonds is 7. The number of benzene rings is 2. The van der Waals surface area contributed by atoms with E-state index in [1.165, 1.54) is 4.31 Å². The third-order valence-corrected chi connectivity index (χ3v) is 8.20. The molecule has 1 N–H and O–H groups in total. The largest absolute Gasteiger partial charge is 1.00 e. The average molecular weight is 560 g/mol. The monoisotopic (exact) mass is 558 g/mol. The number of sulfonamides is 1. The number of carbonyl (C=O) groups excluding carboxylic acids is 2. The summed E-state index contributed by atoms with van der Waals surface area (Å²) in [6, 6.07) is 11.0. The van der Waals surface area contributed by atoms with Gasteiger partial charge in [0, 0.05) is 56.7 Å². The minimum atomic E-state index is -3.71. The smallest absolute Gasteiger partial charge is 0.270 e. The molecular weight excluding hydrogens is 528 g/mol. The molecule has 1 aliphatic rings. The van der Waals surface area contributed by atoms with Crippen molar-refractivity contribution in [2.45, 2.75) is 4.90 Å². The topological polar surface area (TPSA) is 90.0 Å². The van der Waals surface area contributed by atoms with Crippen molar-refractivity contribution < 1.29 is 35.0 Å². The van der Waals surface area contributed by atoms with Crippen LogP contribution in [0.4, 0.5) is 5.69 Å². The van der Waals surface area contributed by atoms with Crippen molar-refractivity contribution in [1.29, 1.82) is 0 Å². The average Bonchev–Trinajstić information content (AvgIpc) is 2.76. The first-order chi connectivity index (χ1) is 15.1. The Morgan fingerprint density at radius 3 is 2.21 bits per heavy atom. The molecule has 0 aromatic heterocycles. The van der Waals surface area contributed by atoms with Gasteiger partial charge < -0.3 is 32.1 Å². The first kappa shape index (κ1) is 27.4. The zero-order valence-corrected chi connectivity index (χ0v) is 22.6. The fourth-order valence-corrected chi connectivity index (χ4v) is 6.05. The number of hydrogen-bond donors (Lipinski definition) is 1. The lowest BCUT2D eigenvalue weighted by atomic mass is 10.1. The summed E-state index contributed by atoms with van der Waals surface area (Å²) in [4.78, 5) is 28.1. The maximum absolute atomic E-state index is 13.4. The molecule has 8 nitrogen and oxygen atoms in total. The van der Waals surface area contributed by atoms with E-state index in [1.54, 1.807) is 17.0 Å². The Morgan fingerprint density at radius 2 is 1.61 bits per heavy atom. The molecule has 11 heteroatoms. The number of hydrogen-bond acceptors (Lipinski definition) is 5. The lowest BCUT2D eigenvalue weighted by Crippen LogP contribution is -3.00. The zero-order valence-electron chi connectivity index (χ0n) is 19.4. The Labute approximate surface area is 209 Å². The van der Waals surface area contributed by atoms with Crippen LogP contribution in [0.25, 0.3) is 10.8 Å². The quantitative estimate of drug-likeness (QED) is 0.387. The molecule has 0 unspecified atom stereocenters. The van der Waals surface area contributed by atoms with Crippen LogP contribution >= 0.6 is 0 Å². The van der Waals surface area contributed by atoms with Crippen molar-refractivity contribution in [2.24, 2.45) is 0 Å². The van der Waals surface area contributed by atoms with Crippen LogP contribution in [-0.4, -0.2) is 94.5 Å². The molecule has 0 radical (unpaired) electrons. The fourth-order valence-electron chi connectivity index (χ4n) is 3.80. The van der Waals surface area contributed by atoms with Crippen LogP contribution in [0, 0.1) is 0 Å². The van der Waals surface area contributed by atoms with Gasteiger partial charge >= 0.3 is 0 Å². The molecule has 33 heavy (non-hydrogen) atoms. The molecule has 2 aromatic rings. The summed E-state index contributed by atoms with van der Waals surface area (Å²) in [7, 11) is 0.120. The van der Waals surface area contributed by atoms with Gasteiger partial charge in [-0.3, -0.25) is 9.59 Å². The molecule has 2 aromatic carbocycles. The molecule has 182 valence electrons. The fraction of sp³-hybridized carbons (Fsp3) is 0.455. The van der Waals surface area contributed by atoms with Gasteiger partial charge in [0.15, 0.2) is 5.75 Å². The lowest BCUT2D eigenvalue weighted by molar-refractivity contribution is -0.133. The van der Waals surface area contributed by atoms with Gasteiger partial charge in [-0.25, -0.2) is 8.42 Å². The van der Waals surface area contributed by atoms with Gasteiger partial charge in [0.05, 0.1) is 24.0 Å². The normalized spacial score (nSPS) is 14.8. The van der Waals surface area contributed by atoms with Gasteiger partial charge in [-0.2, -0.15) is 4.31 Å². The molecule has 1 heterocycles. The van der Waals surface area contributed by atoms with E-state index in [2.05, 4.69) is 5.32 Å². The third kappa shape index (κ3) is 6.40. The predicted molar refractivity (Wildman–Crippen MR) is 131 cm³/mol. The molecular formula is C22H31BrN4O4S2. The van der Waals surface area contributed by atoms with Crippen LogP contribution in [0.2, 0.25) is 0 Å². The second-order valence-corrected chi connectivity index (χ2v) is 12.4. The van der Waals surface area contributed by atoms with E-state index < -0.39 is 10.0 Å². The van der Waals surface area contributed by atoms with E-state index in [1.807, 2.05) is 55.8 Å². The van der Waals surface area contributed by atoms with Crippen LogP contribution in [0.5, 0.6) is 0 Å². The molecule has 1 aliphatic heterocycles. The molecule has 0 bridgehead atoms. The summed E-state index contributed by atoms with van der Waals surface area (Å²) < 4.78 is 28.3. The number of fused-ring (bicyclic) bond motifs is 1. The minimum Gasteiger partial charge on any atom is -1.00 e. The number of anilines is 1.